The summed E-state index contributed by atoms with van der Waals surface area (Å²) in [6.07, 6.45) is 0.0695. The number of aryl methyl sites for hydroxylation is 1. The molecule has 1 aromatic rings. The van der Waals surface area contributed by atoms with Crippen molar-refractivity contribution < 1.29 is 23.2 Å². The molecule has 8 nitrogen and oxygen atoms in total. The first-order chi connectivity index (χ1) is 10.5. The zero-order valence-corrected chi connectivity index (χ0v) is 14.3. The third-order valence-corrected chi connectivity index (χ3v) is 4.96. The number of sulfonamides is 1. The molecule has 1 aromatic carbocycles. The van der Waals surface area contributed by atoms with Gasteiger partial charge in [-0.05, 0) is 30.9 Å². The number of aliphatic carboxylic acids is 1. The van der Waals surface area contributed by atoms with Gasteiger partial charge < -0.3 is 5.11 Å². The highest BCUT2D eigenvalue weighted by Crippen LogP contribution is 2.32. The Kier molecular flexibility index (Phi) is 6.09. The number of carboxylic acids is 1. The van der Waals surface area contributed by atoms with E-state index in [4.69, 9.17) is 16.7 Å². The maximum Gasteiger partial charge on any atom is 0.321 e. The summed E-state index contributed by atoms with van der Waals surface area (Å²) >= 11 is 5.82. The van der Waals surface area contributed by atoms with Gasteiger partial charge in [-0.1, -0.05) is 25.4 Å². The van der Waals surface area contributed by atoms with Crippen LogP contribution in [0.1, 0.15) is 25.8 Å². The molecule has 0 fully saturated rings. The predicted molar refractivity (Wildman–Crippen MR) is 84.0 cm³/mol. The Morgan fingerprint density at radius 1 is 1.43 bits per heavy atom. The van der Waals surface area contributed by atoms with Gasteiger partial charge in [0.15, 0.2) is 0 Å². The van der Waals surface area contributed by atoms with E-state index in [-0.39, 0.29) is 12.3 Å². The van der Waals surface area contributed by atoms with Gasteiger partial charge in [0.25, 0.3) is 5.69 Å². The zero-order valence-electron chi connectivity index (χ0n) is 12.7. The minimum Gasteiger partial charge on any atom is -0.480 e. The molecule has 10 heteroatoms. The number of hydrogen-bond acceptors (Lipinski definition) is 5. The number of halogens is 1. The molecule has 0 aromatic heterocycles. The van der Waals surface area contributed by atoms with Gasteiger partial charge in [0.2, 0.25) is 10.0 Å². The smallest absolute Gasteiger partial charge is 0.321 e. The van der Waals surface area contributed by atoms with E-state index < -0.39 is 42.6 Å². The van der Waals surface area contributed by atoms with Crippen LogP contribution in [-0.4, -0.2) is 30.5 Å². The van der Waals surface area contributed by atoms with Crippen molar-refractivity contribution in [3.05, 3.63) is 32.8 Å². The fourth-order valence-corrected chi connectivity index (χ4v) is 3.83. The normalized spacial score (nSPS) is 13.1. The average molecular weight is 365 g/mol. The number of nitrogens with one attached hydrogen (secondary N) is 1. The van der Waals surface area contributed by atoms with E-state index in [1.54, 1.807) is 13.8 Å². The third-order valence-electron chi connectivity index (χ3n) is 2.95. The largest absolute Gasteiger partial charge is 0.480 e. The molecule has 23 heavy (non-hydrogen) atoms. The molecule has 0 radical (unpaired) electrons. The molecule has 0 aliphatic carbocycles. The van der Waals surface area contributed by atoms with Crippen LogP contribution in [0, 0.1) is 23.0 Å². The molecule has 0 heterocycles. The van der Waals surface area contributed by atoms with Crippen LogP contribution in [0.4, 0.5) is 5.69 Å². The van der Waals surface area contributed by atoms with E-state index in [0.717, 1.165) is 12.1 Å². The molecule has 1 rings (SSSR count). The number of carbonyl (C=O) groups is 1. The second-order valence-corrected chi connectivity index (χ2v) is 7.56. The van der Waals surface area contributed by atoms with Crippen LogP contribution in [0.2, 0.25) is 5.02 Å². The van der Waals surface area contributed by atoms with Crippen LogP contribution in [0.25, 0.3) is 0 Å². The second kappa shape index (κ2) is 7.24. The summed E-state index contributed by atoms with van der Waals surface area (Å²) in [5, 5.41) is 19.5. The Morgan fingerprint density at radius 3 is 2.43 bits per heavy atom. The lowest BCUT2D eigenvalue weighted by molar-refractivity contribution is -0.385. The summed E-state index contributed by atoms with van der Waals surface area (Å²) in [6, 6.07) is 0.950. The van der Waals surface area contributed by atoms with Crippen molar-refractivity contribution in [1.29, 1.82) is 0 Å². The molecule has 1 atom stereocenters. The maximum atomic E-state index is 12.4. The van der Waals surface area contributed by atoms with Gasteiger partial charge in [0.1, 0.15) is 16.0 Å². The molecule has 0 unspecified atom stereocenters. The number of nitro benzene ring substituents is 1. The molecule has 0 saturated carbocycles. The highest BCUT2D eigenvalue weighted by Gasteiger charge is 2.30. The first kappa shape index (κ1) is 19.3. The Bertz CT molecular complexity index is 732. The molecule has 0 aliphatic rings. The first-order valence-corrected chi connectivity index (χ1v) is 8.51. The van der Waals surface area contributed by atoms with Gasteiger partial charge in [-0.25, -0.2) is 8.42 Å². The second-order valence-electron chi connectivity index (χ2n) is 5.49. The summed E-state index contributed by atoms with van der Waals surface area (Å²) in [7, 11) is -4.33. The monoisotopic (exact) mass is 364 g/mol. The lowest BCUT2D eigenvalue weighted by atomic mass is 10.1. The Morgan fingerprint density at radius 2 is 2.00 bits per heavy atom. The van der Waals surface area contributed by atoms with Gasteiger partial charge in [-0.2, -0.15) is 4.72 Å². The lowest BCUT2D eigenvalue weighted by Gasteiger charge is -2.17. The summed E-state index contributed by atoms with van der Waals surface area (Å²) in [5.74, 6) is -1.40. The van der Waals surface area contributed by atoms with Gasteiger partial charge >= 0.3 is 5.97 Å². The van der Waals surface area contributed by atoms with Crippen molar-refractivity contribution in [3.8, 4) is 0 Å². The lowest BCUT2D eigenvalue weighted by Crippen LogP contribution is -2.41. The number of nitro groups is 1. The van der Waals surface area contributed by atoms with Crippen molar-refractivity contribution in [2.75, 3.05) is 0 Å². The van der Waals surface area contributed by atoms with Crippen LogP contribution in [0.5, 0.6) is 0 Å². The van der Waals surface area contributed by atoms with Crippen molar-refractivity contribution in [3.63, 3.8) is 0 Å². The van der Waals surface area contributed by atoms with Crippen molar-refractivity contribution in [2.24, 2.45) is 5.92 Å². The number of carboxylic acid groups (broad SMARTS) is 1. The van der Waals surface area contributed by atoms with Gasteiger partial charge in [-0.15, -0.1) is 0 Å². The molecule has 2 N–H and O–H groups in total. The van der Waals surface area contributed by atoms with Crippen LogP contribution in [0.3, 0.4) is 0 Å². The highest BCUT2D eigenvalue weighted by molar-refractivity contribution is 7.89. The van der Waals surface area contributed by atoms with Crippen LogP contribution in [-0.2, 0) is 14.8 Å². The minimum atomic E-state index is -4.33. The molecule has 0 saturated heterocycles. The molecule has 0 aliphatic heterocycles. The first-order valence-electron chi connectivity index (χ1n) is 6.65. The number of hydrogen-bond donors (Lipinski definition) is 2. The molecular formula is C13H17ClN2O6S. The van der Waals surface area contributed by atoms with Crippen LogP contribution in [0.15, 0.2) is 17.0 Å². The topological polar surface area (TPSA) is 127 Å². The number of nitrogens with zero attached hydrogens (tertiary/aromatic N) is 1. The predicted octanol–water partition coefficient (Wildman–Crippen LogP) is 2.33. The molecular weight excluding hydrogens is 348 g/mol. The number of rotatable bonds is 7. The summed E-state index contributed by atoms with van der Waals surface area (Å²) in [4.78, 5) is 20.8. The molecule has 0 bridgehead atoms. The van der Waals surface area contributed by atoms with Crippen LogP contribution < -0.4 is 4.72 Å². The van der Waals surface area contributed by atoms with E-state index in [0.29, 0.717) is 5.56 Å². The Labute approximate surface area is 138 Å². The van der Waals surface area contributed by atoms with Crippen LogP contribution >= 0.6 is 11.6 Å². The van der Waals surface area contributed by atoms with Crippen molar-refractivity contribution in [1.82, 2.24) is 4.72 Å². The fourth-order valence-electron chi connectivity index (χ4n) is 1.97. The molecule has 128 valence electrons. The standard InChI is InChI=1S/C13H17ClN2O6S/c1-7(2)4-9(13(17)18)15-23(21,22)11-6-8(3)5-10(12(11)14)16(19)20/h5-7,9,15H,4H2,1-3H3,(H,17,18)/t9-/m0/s1. The number of benzene rings is 1. The van der Waals surface area contributed by atoms with Crippen molar-refractivity contribution >= 4 is 33.3 Å². The fraction of sp³-hybridized carbons (Fsp3) is 0.462. The highest BCUT2D eigenvalue weighted by atomic mass is 35.5. The van der Waals surface area contributed by atoms with Gasteiger partial charge in [0, 0.05) is 6.07 Å². The van der Waals surface area contributed by atoms with E-state index in [9.17, 15) is 23.3 Å². The van der Waals surface area contributed by atoms with Gasteiger partial charge in [-0.3, -0.25) is 14.9 Å². The zero-order chi connectivity index (χ0) is 17.9. The minimum absolute atomic E-state index is 0.0684. The van der Waals surface area contributed by atoms with E-state index in [1.165, 1.54) is 6.92 Å². The third kappa shape index (κ3) is 4.88. The van der Waals surface area contributed by atoms with Gasteiger partial charge in [0.05, 0.1) is 4.92 Å². The summed E-state index contributed by atoms with van der Waals surface area (Å²) in [6.45, 7) is 4.97. The molecule has 0 amide bonds. The van der Waals surface area contributed by atoms with Crippen molar-refractivity contribution in [2.45, 2.75) is 38.1 Å². The Hall–Kier alpha value is -1.71. The maximum absolute atomic E-state index is 12.4. The SMILES string of the molecule is Cc1cc([N+](=O)[O-])c(Cl)c(S(=O)(=O)N[C@@H](CC(C)C)C(=O)O)c1. The molecule has 0 spiro atoms. The van der Waals surface area contributed by atoms with E-state index >= 15 is 0 Å². The average Bonchev–Trinajstić information content (AvgIpc) is 2.38. The van der Waals surface area contributed by atoms with E-state index in [2.05, 4.69) is 0 Å². The summed E-state index contributed by atoms with van der Waals surface area (Å²) in [5.41, 5.74) is -0.236. The quantitative estimate of drug-likeness (QED) is 0.564. The van der Waals surface area contributed by atoms with E-state index in [1.807, 2.05) is 4.72 Å². The summed E-state index contributed by atoms with van der Waals surface area (Å²) < 4.78 is 26.8. The Balaban J connectivity index is 3.33.